The molecule has 1 aliphatic rings. The Morgan fingerprint density at radius 2 is 1.76 bits per heavy atom. The van der Waals surface area contributed by atoms with Crippen LogP contribution in [0, 0.1) is 0 Å². The number of fused-ring (bicyclic) bond motifs is 1. The van der Waals surface area contributed by atoms with Gasteiger partial charge in [-0.15, -0.1) is 0 Å². The fraction of sp³-hybridized carbons (Fsp3) is 0.231. The lowest BCUT2D eigenvalue weighted by Crippen LogP contribution is -2.34. The van der Waals surface area contributed by atoms with Crippen LogP contribution in [0.25, 0.3) is 0 Å². The van der Waals surface area contributed by atoms with Gasteiger partial charge in [-0.05, 0) is 41.0 Å². The van der Waals surface area contributed by atoms with Crippen LogP contribution in [0.4, 0.5) is 0 Å². The second-order valence-corrected chi connectivity index (χ2v) is 8.20. The van der Waals surface area contributed by atoms with Crippen LogP contribution in [0.1, 0.15) is 39.5 Å². The molecule has 1 aliphatic heterocycles. The number of methoxy groups -OCH3 is 2. The van der Waals surface area contributed by atoms with Crippen LogP contribution >= 0.6 is 11.6 Å². The van der Waals surface area contributed by atoms with Crippen molar-refractivity contribution < 1.29 is 19.1 Å². The van der Waals surface area contributed by atoms with E-state index in [1.807, 2.05) is 54.6 Å². The Balaban J connectivity index is 1.60. The van der Waals surface area contributed by atoms with Crippen LogP contribution in [0.2, 0.25) is 5.02 Å². The number of rotatable bonds is 8. The molecule has 3 aromatic carbocycles. The Hall–Kier alpha value is -3.51. The summed E-state index contributed by atoms with van der Waals surface area (Å²) in [6, 6.07) is 19.9. The van der Waals surface area contributed by atoms with E-state index in [0.717, 1.165) is 16.7 Å². The molecule has 0 bridgehead atoms. The van der Waals surface area contributed by atoms with Crippen molar-refractivity contribution in [3.05, 3.63) is 94.0 Å². The van der Waals surface area contributed by atoms with Crippen molar-refractivity contribution in [1.29, 1.82) is 0 Å². The molecule has 0 saturated carbocycles. The van der Waals surface area contributed by atoms with Gasteiger partial charge < -0.3 is 19.7 Å². The summed E-state index contributed by atoms with van der Waals surface area (Å²) in [5.41, 5.74) is 3.24. The number of halogens is 1. The molecule has 0 aliphatic carbocycles. The zero-order chi connectivity index (χ0) is 23.4. The van der Waals surface area contributed by atoms with E-state index < -0.39 is 6.04 Å². The Kier molecular flexibility index (Phi) is 6.84. The maximum atomic E-state index is 13.2. The Morgan fingerprint density at radius 3 is 2.48 bits per heavy atom. The van der Waals surface area contributed by atoms with Gasteiger partial charge in [-0.1, -0.05) is 54.1 Å². The molecule has 33 heavy (non-hydrogen) atoms. The average molecular weight is 465 g/mol. The molecule has 0 radical (unpaired) electrons. The summed E-state index contributed by atoms with van der Waals surface area (Å²) in [6.07, 6.45) is 0.0969. The standard InChI is InChI=1S/C26H25ClN2O4/c1-32-23-12-11-17(13-24(23)33-2)22(29-16-19-8-3-5-9-20(19)26(29)31)14-25(30)28-15-18-7-4-6-10-21(18)27/h3-13,22H,14-16H2,1-2H3,(H,28,30)/t22-/m1/s1. The van der Waals surface area contributed by atoms with Gasteiger partial charge in [0.1, 0.15) is 0 Å². The van der Waals surface area contributed by atoms with Crippen molar-refractivity contribution in [1.82, 2.24) is 10.2 Å². The molecule has 4 rings (SSSR count). The van der Waals surface area contributed by atoms with Gasteiger partial charge in [-0.2, -0.15) is 0 Å². The van der Waals surface area contributed by atoms with Crippen molar-refractivity contribution in [2.24, 2.45) is 0 Å². The lowest BCUT2D eigenvalue weighted by atomic mass is 10.0. The minimum atomic E-state index is -0.476. The smallest absolute Gasteiger partial charge is 0.255 e. The first kappa shape index (κ1) is 22.7. The Bertz CT molecular complexity index is 1180. The number of carbonyl (C=O) groups is 2. The van der Waals surface area contributed by atoms with Crippen molar-refractivity contribution in [2.45, 2.75) is 25.6 Å². The van der Waals surface area contributed by atoms with Crippen LogP contribution < -0.4 is 14.8 Å². The Labute approximate surface area is 198 Å². The highest BCUT2D eigenvalue weighted by atomic mass is 35.5. The molecule has 1 heterocycles. The molecule has 1 N–H and O–H groups in total. The summed E-state index contributed by atoms with van der Waals surface area (Å²) in [6.45, 7) is 0.747. The number of ether oxygens (including phenoxy) is 2. The lowest BCUT2D eigenvalue weighted by Gasteiger charge is -2.28. The first-order valence-corrected chi connectivity index (χ1v) is 11.0. The molecule has 0 unspecified atom stereocenters. The number of nitrogens with one attached hydrogen (secondary N) is 1. The summed E-state index contributed by atoms with van der Waals surface area (Å²) in [5.74, 6) is 0.850. The van der Waals surface area contributed by atoms with Crippen molar-refractivity contribution in [2.75, 3.05) is 14.2 Å². The van der Waals surface area contributed by atoms with E-state index in [9.17, 15) is 9.59 Å². The van der Waals surface area contributed by atoms with Crippen molar-refractivity contribution in [3.63, 3.8) is 0 Å². The number of amides is 2. The third-order valence-electron chi connectivity index (χ3n) is 5.83. The van der Waals surface area contributed by atoms with Gasteiger partial charge in [0, 0.05) is 23.7 Å². The molecule has 3 aromatic rings. The van der Waals surface area contributed by atoms with E-state index in [1.165, 1.54) is 0 Å². The number of carbonyl (C=O) groups excluding carboxylic acids is 2. The largest absolute Gasteiger partial charge is 0.493 e. The summed E-state index contributed by atoms with van der Waals surface area (Å²) >= 11 is 6.22. The van der Waals surface area contributed by atoms with Gasteiger partial charge in [0.15, 0.2) is 11.5 Å². The second-order valence-electron chi connectivity index (χ2n) is 7.79. The monoisotopic (exact) mass is 464 g/mol. The molecule has 1 atom stereocenters. The van der Waals surface area contributed by atoms with Crippen molar-refractivity contribution in [3.8, 4) is 11.5 Å². The zero-order valence-electron chi connectivity index (χ0n) is 18.5. The van der Waals surface area contributed by atoms with Gasteiger partial charge >= 0.3 is 0 Å². The number of nitrogens with zero attached hydrogens (tertiary/aromatic N) is 1. The highest BCUT2D eigenvalue weighted by Crippen LogP contribution is 2.37. The van der Waals surface area contributed by atoms with E-state index >= 15 is 0 Å². The maximum Gasteiger partial charge on any atom is 0.255 e. The SMILES string of the molecule is COc1ccc([C@@H](CC(=O)NCc2ccccc2Cl)N2Cc3ccccc3C2=O)cc1OC. The molecule has 7 heteroatoms. The first-order chi connectivity index (χ1) is 16.0. The zero-order valence-corrected chi connectivity index (χ0v) is 19.3. The minimum Gasteiger partial charge on any atom is -0.493 e. The van der Waals surface area contributed by atoms with Gasteiger partial charge in [0.25, 0.3) is 5.91 Å². The summed E-state index contributed by atoms with van der Waals surface area (Å²) in [4.78, 5) is 27.9. The predicted molar refractivity (Wildman–Crippen MR) is 127 cm³/mol. The summed E-state index contributed by atoms with van der Waals surface area (Å²) in [7, 11) is 3.13. The van der Waals surface area contributed by atoms with Gasteiger partial charge in [0.2, 0.25) is 5.91 Å². The quantitative estimate of drug-likeness (QED) is 0.522. The molecule has 170 valence electrons. The van der Waals surface area contributed by atoms with E-state index in [1.54, 1.807) is 31.3 Å². The number of benzene rings is 3. The summed E-state index contributed by atoms with van der Waals surface area (Å²) in [5, 5.41) is 3.53. The molecular weight excluding hydrogens is 440 g/mol. The van der Waals surface area contributed by atoms with Gasteiger partial charge in [-0.3, -0.25) is 9.59 Å². The van der Waals surface area contributed by atoms with Crippen LogP contribution in [0.3, 0.4) is 0 Å². The fourth-order valence-electron chi connectivity index (χ4n) is 4.08. The van der Waals surface area contributed by atoms with Crippen LogP contribution in [-0.4, -0.2) is 30.9 Å². The van der Waals surface area contributed by atoms with E-state index in [4.69, 9.17) is 21.1 Å². The van der Waals surface area contributed by atoms with Crippen molar-refractivity contribution >= 4 is 23.4 Å². The highest BCUT2D eigenvalue weighted by molar-refractivity contribution is 6.31. The topological polar surface area (TPSA) is 67.9 Å². The molecule has 0 aromatic heterocycles. The van der Waals surface area contributed by atoms with E-state index in [2.05, 4.69) is 5.32 Å². The van der Waals surface area contributed by atoms with Crippen LogP contribution in [-0.2, 0) is 17.9 Å². The van der Waals surface area contributed by atoms with Gasteiger partial charge in [0.05, 0.1) is 26.7 Å². The molecule has 0 fully saturated rings. The fourth-order valence-corrected chi connectivity index (χ4v) is 4.28. The molecule has 0 spiro atoms. The lowest BCUT2D eigenvalue weighted by molar-refractivity contribution is -0.122. The van der Waals surface area contributed by atoms with Crippen LogP contribution in [0.15, 0.2) is 66.7 Å². The number of hydrogen-bond donors (Lipinski definition) is 1. The average Bonchev–Trinajstić information content (AvgIpc) is 3.18. The third-order valence-corrected chi connectivity index (χ3v) is 6.20. The Morgan fingerprint density at radius 1 is 1.03 bits per heavy atom. The molecule has 2 amide bonds. The first-order valence-electron chi connectivity index (χ1n) is 10.6. The normalized spacial score (nSPS) is 13.4. The van der Waals surface area contributed by atoms with Crippen LogP contribution in [0.5, 0.6) is 11.5 Å². The van der Waals surface area contributed by atoms with E-state index in [0.29, 0.717) is 35.2 Å². The third kappa shape index (κ3) is 4.81. The van der Waals surface area contributed by atoms with E-state index in [-0.39, 0.29) is 18.2 Å². The minimum absolute atomic E-state index is 0.0933. The maximum absolute atomic E-state index is 13.2. The molecular formula is C26H25ClN2O4. The highest BCUT2D eigenvalue weighted by Gasteiger charge is 2.34. The number of hydrogen-bond acceptors (Lipinski definition) is 4. The predicted octanol–water partition coefficient (Wildman–Crippen LogP) is 4.76. The summed E-state index contributed by atoms with van der Waals surface area (Å²) < 4.78 is 10.8. The molecule has 0 saturated heterocycles. The second kappa shape index (κ2) is 9.96. The van der Waals surface area contributed by atoms with Gasteiger partial charge in [-0.25, -0.2) is 0 Å². The molecule has 6 nitrogen and oxygen atoms in total.